The molecule has 0 aromatic heterocycles. The Kier molecular flexibility index (Phi) is 2.28. The van der Waals surface area contributed by atoms with E-state index in [1.54, 1.807) is 13.8 Å². The molecule has 0 aromatic carbocycles. The van der Waals surface area contributed by atoms with Gasteiger partial charge in [0.05, 0.1) is 0 Å². The molecule has 0 amide bonds. The summed E-state index contributed by atoms with van der Waals surface area (Å²) in [5.41, 5.74) is -1.58. The van der Waals surface area contributed by atoms with Crippen molar-refractivity contribution >= 4 is 5.78 Å². The van der Waals surface area contributed by atoms with Gasteiger partial charge in [-0.25, -0.2) is 4.39 Å². The summed E-state index contributed by atoms with van der Waals surface area (Å²) in [5.74, 6) is -0.456. The van der Waals surface area contributed by atoms with E-state index in [0.717, 1.165) is 0 Å². The van der Waals surface area contributed by atoms with Crippen LogP contribution in [0.5, 0.6) is 0 Å². The monoisotopic (exact) mass is 159 g/mol. The van der Waals surface area contributed by atoms with Crippen molar-refractivity contribution in [3.8, 4) is 0 Å². The van der Waals surface area contributed by atoms with Gasteiger partial charge in [-0.1, -0.05) is 13.8 Å². The summed E-state index contributed by atoms with van der Waals surface area (Å²) in [4.78, 5) is 11.3. The number of rotatable bonds is 2. The van der Waals surface area contributed by atoms with Crippen molar-refractivity contribution in [1.29, 1.82) is 0 Å². The van der Waals surface area contributed by atoms with Crippen LogP contribution >= 0.6 is 0 Å². The highest BCUT2D eigenvalue weighted by molar-refractivity contribution is 5.89. The molecule has 1 rings (SSSR count). The molecule has 1 heterocycles. The third kappa shape index (κ3) is 1.59. The van der Waals surface area contributed by atoms with Gasteiger partial charge in [-0.15, -0.1) is 0 Å². The van der Waals surface area contributed by atoms with E-state index in [-0.39, 0.29) is 18.2 Å². The standard InChI is InChI=1S/C8H14FNO/c1-6(2)7(11)8(9)3-4-10-5-8/h6,10H,3-5H2,1-2H3. The van der Waals surface area contributed by atoms with E-state index in [0.29, 0.717) is 13.0 Å². The van der Waals surface area contributed by atoms with Crippen LogP contribution in [-0.2, 0) is 4.79 Å². The molecule has 0 spiro atoms. The Labute approximate surface area is 66.2 Å². The summed E-state index contributed by atoms with van der Waals surface area (Å²) >= 11 is 0. The highest BCUT2D eigenvalue weighted by Gasteiger charge is 2.41. The van der Waals surface area contributed by atoms with Gasteiger partial charge >= 0.3 is 0 Å². The molecule has 1 N–H and O–H groups in total. The number of halogens is 1. The lowest BCUT2D eigenvalue weighted by Gasteiger charge is -2.18. The average Bonchev–Trinajstić information content (AvgIpc) is 2.35. The third-order valence-electron chi connectivity index (χ3n) is 2.07. The van der Waals surface area contributed by atoms with E-state index in [2.05, 4.69) is 5.32 Å². The fourth-order valence-corrected chi connectivity index (χ4v) is 1.39. The Balaban J connectivity index is 2.64. The molecular weight excluding hydrogens is 145 g/mol. The molecule has 0 radical (unpaired) electrons. The van der Waals surface area contributed by atoms with Crippen LogP contribution in [0.2, 0.25) is 0 Å². The highest BCUT2D eigenvalue weighted by Crippen LogP contribution is 2.24. The van der Waals surface area contributed by atoms with Crippen LogP contribution < -0.4 is 5.32 Å². The molecule has 1 fully saturated rings. The zero-order valence-electron chi connectivity index (χ0n) is 6.98. The van der Waals surface area contributed by atoms with Crippen molar-refractivity contribution in [3.63, 3.8) is 0 Å². The van der Waals surface area contributed by atoms with Crippen LogP contribution in [0.1, 0.15) is 20.3 Å². The van der Waals surface area contributed by atoms with Gasteiger partial charge in [-0.2, -0.15) is 0 Å². The molecule has 1 saturated heterocycles. The molecule has 11 heavy (non-hydrogen) atoms. The Morgan fingerprint density at radius 1 is 1.64 bits per heavy atom. The zero-order valence-corrected chi connectivity index (χ0v) is 6.98. The van der Waals surface area contributed by atoms with Crippen molar-refractivity contribution in [2.24, 2.45) is 5.92 Å². The van der Waals surface area contributed by atoms with Crippen LogP contribution in [0.15, 0.2) is 0 Å². The molecule has 3 heteroatoms. The largest absolute Gasteiger partial charge is 0.313 e. The van der Waals surface area contributed by atoms with Crippen LogP contribution in [0, 0.1) is 5.92 Å². The van der Waals surface area contributed by atoms with Crippen molar-refractivity contribution < 1.29 is 9.18 Å². The summed E-state index contributed by atoms with van der Waals surface area (Å²) in [6, 6.07) is 0. The Morgan fingerprint density at radius 2 is 2.27 bits per heavy atom. The van der Waals surface area contributed by atoms with Crippen molar-refractivity contribution in [3.05, 3.63) is 0 Å². The van der Waals surface area contributed by atoms with Gasteiger partial charge in [0.25, 0.3) is 0 Å². The van der Waals surface area contributed by atoms with Crippen LogP contribution in [0.25, 0.3) is 0 Å². The third-order valence-corrected chi connectivity index (χ3v) is 2.07. The minimum Gasteiger partial charge on any atom is -0.313 e. The first kappa shape index (κ1) is 8.65. The van der Waals surface area contributed by atoms with Gasteiger partial charge in [0.15, 0.2) is 11.5 Å². The van der Waals surface area contributed by atoms with Gasteiger partial charge in [0, 0.05) is 18.9 Å². The molecule has 1 aliphatic rings. The number of ketones is 1. The number of Topliss-reactive ketones (excluding diaryl/α,β-unsaturated/α-hetero) is 1. The number of carbonyl (C=O) groups excluding carboxylic acids is 1. The number of hydrogen-bond acceptors (Lipinski definition) is 2. The highest BCUT2D eigenvalue weighted by atomic mass is 19.1. The number of alkyl halides is 1. The smallest absolute Gasteiger partial charge is 0.182 e. The Morgan fingerprint density at radius 3 is 2.64 bits per heavy atom. The van der Waals surface area contributed by atoms with Crippen LogP contribution in [0.4, 0.5) is 4.39 Å². The van der Waals surface area contributed by atoms with E-state index >= 15 is 0 Å². The summed E-state index contributed by atoms with van der Waals surface area (Å²) in [5, 5.41) is 2.85. The lowest BCUT2D eigenvalue weighted by Crippen LogP contribution is -2.38. The second kappa shape index (κ2) is 2.89. The topological polar surface area (TPSA) is 29.1 Å². The van der Waals surface area contributed by atoms with E-state index in [4.69, 9.17) is 0 Å². The zero-order chi connectivity index (χ0) is 8.48. The maximum atomic E-state index is 13.5. The second-order valence-electron chi connectivity index (χ2n) is 3.41. The predicted molar refractivity (Wildman–Crippen MR) is 41.2 cm³/mol. The quantitative estimate of drug-likeness (QED) is 0.649. The van der Waals surface area contributed by atoms with Gasteiger partial charge in [0.1, 0.15) is 0 Å². The molecule has 0 aliphatic carbocycles. The van der Waals surface area contributed by atoms with E-state index in [9.17, 15) is 9.18 Å². The molecule has 0 saturated carbocycles. The van der Waals surface area contributed by atoms with Gasteiger partial charge in [-0.3, -0.25) is 4.79 Å². The fraction of sp³-hybridized carbons (Fsp3) is 0.875. The van der Waals surface area contributed by atoms with Crippen molar-refractivity contribution in [1.82, 2.24) is 5.32 Å². The SMILES string of the molecule is CC(C)C(=O)C1(F)CCNC1. The Hall–Kier alpha value is -0.440. The molecule has 1 aliphatic heterocycles. The molecule has 64 valence electrons. The fourth-order valence-electron chi connectivity index (χ4n) is 1.39. The predicted octanol–water partition coefficient (Wildman–Crippen LogP) is 0.913. The van der Waals surface area contributed by atoms with Gasteiger partial charge in [0.2, 0.25) is 0 Å². The van der Waals surface area contributed by atoms with E-state index in [1.807, 2.05) is 0 Å². The maximum Gasteiger partial charge on any atom is 0.182 e. The summed E-state index contributed by atoms with van der Waals surface area (Å²) < 4.78 is 13.5. The lowest BCUT2D eigenvalue weighted by molar-refractivity contribution is -0.132. The number of hydrogen-bond donors (Lipinski definition) is 1. The first-order valence-corrected chi connectivity index (χ1v) is 4.00. The first-order chi connectivity index (χ1) is 5.06. The molecular formula is C8H14FNO. The normalized spacial score (nSPS) is 31.3. The second-order valence-corrected chi connectivity index (χ2v) is 3.41. The molecule has 0 bridgehead atoms. The van der Waals surface area contributed by atoms with E-state index < -0.39 is 5.67 Å². The molecule has 1 unspecified atom stereocenters. The van der Waals surface area contributed by atoms with Crippen LogP contribution in [-0.4, -0.2) is 24.5 Å². The molecule has 0 aromatic rings. The van der Waals surface area contributed by atoms with Crippen molar-refractivity contribution in [2.75, 3.05) is 13.1 Å². The van der Waals surface area contributed by atoms with Gasteiger partial charge in [-0.05, 0) is 6.54 Å². The summed E-state index contributed by atoms with van der Waals surface area (Å²) in [6.07, 6.45) is 0.337. The first-order valence-electron chi connectivity index (χ1n) is 4.00. The number of carbonyl (C=O) groups is 1. The van der Waals surface area contributed by atoms with E-state index in [1.165, 1.54) is 0 Å². The number of nitrogens with one attached hydrogen (secondary N) is 1. The molecule has 2 nitrogen and oxygen atoms in total. The van der Waals surface area contributed by atoms with Crippen LogP contribution in [0.3, 0.4) is 0 Å². The maximum absolute atomic E-state index is 13.5. The van der Waals surface area contributed by atoms with Crippen molar-refractivity contribution in [2.45, 2.75) is 25.9 Å². The Bertz CT molecular complexity index is 161. The minimum atomic E-state index is -1.58. The summed E-state index contributed by atoms with van der Waals surface area (Å²) in [6.45, 7) is 4.29. The van der Waals surface area contributed by atoms with Gasteiger partial charge < -0.3 is 5.32 Å². The minimum absolute atomic E-state index is 0.195. The lowest BCUT2D eigenvalue weighted by atomic mass is 9.92. The summed E-state index contributed by atoms with van der Waals surface area (Å²) in [7, 11) is 0. The average molecular weight is 159 g/mol. The molecule has 1 atom stereocenters.